The summed E-state index contributed by atoms with van der Waals surface area (Å²) in [6.07, 6.45) is 0.963. The van der Waals surface area contributed by atoms with Gasteiger partial charge in [0.1, 0.15) is 5.75 Å². The van der Waals surface area contributed by atoms with E-state index in [1.807, 2.05) is 24.3 Å². The Morgan fingerprint density at radius 3 is 3.09 bits per heavy atom. The minimum atomic E-state index is 0.0101. The van der Waals surface area contributed by atoms with Crippen LogP contribution < -0.4 is 15.4 Å². The third kappa shape index (κ3) is 4.43. The Labute approximate surface area is 137 Å². The first-order valence-corrected chi connectivity index (χ1v) is 8.24. The van der Waals surface area contributed by atoms with Crippen LogP contribution in [0, 0.1) is 0 Å². The predicted molar refractivity (Wildman–Crippen MR) is 87.5 cm³/mol. The molecule has 0 radical (unpaired) electrons. The summed E-state index contributed by atoms with van der Waals surface area (Å²) in [7, 11) is 2.09. The van der Waals surface area contributed by atoms with E-state index < -0.39 is 0 Å². The third-order valence-corrected chi connectivity index (χ3v) is 4.29. The lowest BCUT2D eigenvalue weighted by Gasteiger charge is -2.30. The number of rotatable bonds is 5. The quantitative estimate of drug-likeness (QED) is 0.830. The van der Waals surface area contributed by atoms with Crippen LogP contribution >= 0.6 is 0 Å². The summed E-state index contributed by atoms with van der Waals surface area (Å²) in [4.78, 5) is 14.4. The number of carbonyl (C=O) groups excluding carboxylic acids is 1. The highest BCUT2D eigenvalue weighted by Gasteiger charge is 2.23. The van der Waals surface area contributed by atoms with Gasteiger partial charge >= 0.3 is 0 Å². The van der Waals surface area contributed by atoms with E-state index in [0.717, 1.165) is 37.4 Å². The molecular weight excluding hydrogens is 294 g/mol. The van der Waals surface area contributed by atoms with Gasteiger partial charge in [-0.25, -0.2) is 0 Å². The minimum absolute atomic E-state index is 0.0101. The summed E-state index contributed by atoms with van der Waals surface area (Å²) in [6.45, 7) is 4.28. The van der Waals surface area contributed by atoms with Crippen molar-refractivity contribution in [3.05, 3.63) is 29.8 Å². The summed E-state index contributed by atoms with van der Waals surface area (Å²) in [6, 6.07) is 7.92. The Morgan fingerprint density at radius 1 is 1.35 bits per heavy atom. The lowest BCUT2D eigenvalue weighted by atomic mass is 10.0. The Hall–Kier alpha value is -1.63. The van der Waals surface area contributed by atoms with Gasteiger partial charge in [0.15, 0.2) is 0 Å². The molecule has 0 spiro atoms. The van der Waals surface area contributed by atoms with Gasteiger partial charge in [-0.1, -0.05) is 18.2 Å². The van der Waals surface area contributed by atoms with Crippen molar-refractivity contribution in [3.63, 3.8) is 0 Å². The molecule has 0 aromatic heterocycles. The van der Waals surface area contributed by atoms with Crippen molar-refractivity contribution in [2.24, 2.45) is 0 Å². The van der Waals surface area contributed by atoms with Gasteiger partial charge < -0.3 is 25.0 Å². The molecule has 23 heavy (non-hydrogen) atoms. The average molecular weight is 319 g/mol. The number of benzene rings is 1. The van der Waals surface area contributed by atoms with E-state index in [1.165, 1.54) is 0 Å². The normalized spacial score (nSPS) is 24.6. The Kier molecular flexibility index (Phi) is 5.48. The van der Waals surface area contributed by atoms with Gasteiger partial charge in [-0.3, -0.25) is 4.79 Å². The van der Waals surface area contributed by atoms with E-state index in [2.05, 4.69) is 22.6 Å². The van der Waals surface area contributed by atoms with Crippen LogP contribution in [0.2, 0.25) is 0 Å². The second kappa shape index (κ2) is 7.77. The molecule has 0 aliphatic carbocycles. The van der Waals surface area contributed by atoms with Crippen LogP contribution in [0.15, 0.2) is 24.3 Å². The minimum Gasteiger partial charge on any atom is -0.493 e. The molecule has 126 valence electrons. The van der Waals surface area contributed by atoms with E-state index in [1.54, 1.807) is 0 Å². The number of amides is 1. The van der Waals surface area contributed by atoms with Gasteiger partial charge in [0.25, 0.3) is 0 Å². The Balaban J connectivity index is 1.43. The van der Waals surface area contributed by atoms with Crippen LogP contribution in [-0.4, -0.2) is 63.4 Å². The molecule has 1 aromatic carbocycles. The first kappa shape index (κ1) is 16.2. The molecular formula is C17H25N3O3. The van der Waals surface area contributed by atoms with Crippen molar-refractivity contribution < 1.29 is 14.3 Å². The number of morpholine rings is 1. The number of ether oxygens (including phenoxy) is 2. The highest BCUT2D eigenvalue weighted by atomic mass is 16.5. The molecule has 0 unspecified atom stereocenters. The van der Waals surface area contributed by atoms with Crippen molar-refractivity contribution in [3.8, 4) is 5.75 Å². The van der Waals surface area contributed by atoms with Gasteiger partial charge in [0.2, 0.25) is 5.91 Å². The zero-order valence-electron chi connectivity index (χ0n) is 13.6. The Bertz CT molecular complexity index is 538. The van der Waals surface area contributed by atoms with Crippen LogP contribution in [0.1, 0.15) is 18.0 Å². The molecule has 3 rings (SSSR count). The van der Waals surface area contributed by atoms with Gasteiger partial charge in [-0.2, -0.15) is 0 Å². The average Bonchev–Trinajstić information content (AvgIpc) is 2.55. The molecule has 6 heteroatoms. The molecule has 0 bridgehead atoms. The lowest BCUT2D eigenvalue weighted by molar-refractivity contribution is -0.121. The predicted octanol–water partition coefficient (Wildman–Crippen LogP) is 0.547. The fourth-order valence-corrected chi connectivity index (χ4v) is 3.07. The van der Waals surface area contributed by atoms with Crippen LogP contribution in [0.5, 0.6) is 5.75 Å². The molecule has 2 atom stereocenters. The standard InChI is InChI=1S/C17H25N3O3/c1-20-7-9-22-13(12-20)10-18-11-17(21)19-15-6-8-23-16-5-3-2-4-14(15)16/h2-5,13,15,18H,6-12H2,1H3,(H,19,21)/t13-,15+/m0/s1. The molecule has 1 aromatic rings. The number of hydrogen-bond acceptors (Lipinski definition) is 5. The van der Waals surface area contributed by atoms with Gasteiger partial charge in [-0.05, 0) is 13.1 Å². The summed E-state index contributed by atoms with van der Waals surface area (Å²) < 4.78 is 11.3. The SMILES string of the molecule is CN1CCO[C@@H](CNCC(=O)N[C@@H]2CCOc3ccccc32)C1. The zero-order valence-corrected chi connectivity index (χ0v) is 13.6. The smallest absolute Gasteiger partial charge is 0.234 e. The molecule has 2 aliphatic rings. The molecule has 2 N–H and O–H groups in total. The van der Waals surface area contributed by atoms with Gasteiger partial charge in [-0.15, -0.1) is 0 Å². The van der Waals surface area contributed by atoms with Crippen LogP contribution in [0.4, 0.5) is 0 Å². The number of carbonyl (C=O) groups is 1. The maximum atomic E-state index is 12.2. The lowest BCUT2D eigenvalue weighted by Crippen LogP contribution is -2.46. The van der Waals surface area contributed by atoms with Crippen molar-refractivity contribution in [1.82, 2.24) is 15.5 Å². The largest absolute Gasteiger partial charge is 0.493 e. The second-order valence-electron chi connectivity index (χ2n) is 6.18. The molecule has 6 nitrogen and oxygen atoms in total. The molecule has 2 heterocycles. The summed E-state index contributed by atoms with van der Waals surface area (Å²) in [5.41, 5.74) is 1.06. The summed E-state index contributed by atoms with van der Waals surface area (Å²) in [5, 5.41) is 6.28. The highest BCUT2D eigenvalue weighted by molar-refractivity contribution is 5.78. The maximum absolute atomic E-state index is 12.2. The second-order valence-corrected chi connectivity index (χ2v) is 6.18. The van der Waals surface area contributed by atoms with Crippen LogP contribution in [0.3, 0.4) is 0 Å². The number of hydrogen-bond donors (Lipinski definition) is 2. The van der Waals surface area contributed by atoms with Gasteiger partial charge in [0.05, 0.1) is 31.9 Å². The molecule has 0 saturated carbocycles. The molecule has 1 amide bonds. The number of nitrogens with zero attached hydrogens (tertiary/aromatic N) is 1. The van der Waals surface area contributed by atoms with Crippen molar-refractivity contribution >= 4 is 5.91 Å². The van der Waals surface area contributed by atoms with E-state index in [4.69, 9.17) is 9.47 Å². The topological polar surface area (TPSA) is 62.8 Å². The van der Waals surface area contributed by atoms with Crippen molar-refractivity contribution in [1.29, 1.82) is 0 Å². The third-order valence-electron chi connectivity index (χ3n) is 4.29. The fraction of sp³-hybridized carbons (Fsp3) is 0.588. The monoisotopic (exact) mass is 319 g/mol. The fourth-order valence-electron chi connectivity index (χ4n) is 3.07. The van der Waals surface area contributed by atoms with Crippen LogP contribution in [-0.2, 0) is 9.53 Å². The maximum Gasteiger partial charge on any atom is 0.234 e. The summed E-state index contributed by atoms with van der Waals surface area (Å²) in [5.74, 6) is 0.881. The molecule has 1 saturated heterocycles. The molecule has 1 fully saturated rings. The summed E-state index contributed by atoms with van der Waals surface area (Å²) >= 11 is 0. The number of likely N-dealkylation sites (N-methyl/N-ethyl adjacent to an activating group) is 1. The van der Waals surface area contributed by atoms with E-state index >= 15 is 0 Å². The number of fused-ring (bicyclic) bond motifs is 1. The van der Waals surface area contributed by atoms with Crippen molar-refractivity contribution in [2.45, 2.75) is 18.6 Å². The van der Waals surface area contributed by atoms with Gasteiger partial charge in [0, 0.05) is 31.6 Å². The van der Waals surface area contributed by atoms with E-state index in [9.17, 15) is 4.79 Å². The number of nitrogens with one attached hydrogen (secondary N) is 2. The first-order valence-electron chi connectivity index (χ1n) is 8.24. The van der Waals surface area contributed by atoms with E-state index in [0.29, 0.717) is 19.7 Å². The highest BCUT2D eigenvalue weighted by Crippen LogP contribution is 2.31. The number of para-hydroxylation sites is 1. The molecule has 2 aliphatic heterocycles. The first-order chi connectivity index (χ1) is 11.2. The van der Waals surface area contributed by atoms with Crippen LogP contribution in [0.25, 0.3) is 0 Å². The Morgan fingerprint density at radius 2 is 2.22 bits per heavy atom. The van der Waals surface area contributed by atoms with Crippen molar-refractivity contribution in [2.75, 3.05) is 46.4 Å². The van der Waals surface area contributed by atoms with E-state index in [-0.39, 0.29) is 18.1 Å². The zero-order chi connectivity index (χ0) is 16.1.